The average molecular weight is 290 g/mol. The van der Waals surface area contributed by atoms with Crippen molar-refractivity contribution < 1.29 is 9.13 Å². The largest absolute Gasteiger partial charge is 0.376 e. The molecule has 2 heterocycles. The van der Waals surface area contributed by atoms with Gasteiger partial charge in [-0.2, -0.15) is 0 Å². The van der Waals surface area contributed by atoms with Gasteiger partial charge in [0.1, 0.15) is 0 Å². The second-order valence-corrected chi connectivity index (χ2v) is 6.85. The number of piperazine rings is 1. The number of benzene rings is 1. The van der Waals surface area contributed by atoms with Gasteiger partial charge >= 0.3 is 0 Å². The van der Waals surface area contributed by atoms with E-state index in [1.165, 1.54) is 12.1 Å². The molecule has 1 saturated carbocycles. The van der Waals surface area contributed by atoms with Gasteiger partial charge in [-0.05, 0) is 37.0 Å². The zero-order valence-electron chi connectivity index (χ0n) is 12.5. The van der Waals surface area contributed by atoms with E-state index in [2.05, 4.69) is 34.5 Å². The Balaban J connectivity index is 1.53. The van der Waals surface area contributed by atoms with Crippen molar-refractivity contribution >= 4 is 5.69 Å². The van der Waals surface area contributed by atoms with E-state index in [1.54, 1.807) is 7.11 Å². The predicted octanol–water partition coefficient (Wildman–Crippen LogP) is 2.67. The van der Waals surface area contributed by atoms with Gasteiger partial charge in [0.15, 0.2) is 0 Å². The molecule has 1 aromatic rings. The normalized spacial score (nSPS) is 30.7. The van der Waals surface area contributed by atoms with E-state index < -0.39 is 0 Å². The van der Waals surface area contributed by atoms with E-state index in [4.69, 9.17) is 4.74 Å². The van der Waals surface area contributed by atoms with Crippen LogP contribution >= 0.6 is 0 Å². The molecule has 2 bridgehead atoms. The van der Waals surface area contributed by atoms with Crippen molar-refractivity contribution in [3.05, 3.63) is 29.8 Å². The number of hydrogen-bond donors (Lipinski definition) is 1. The third kappa shape index (κ3) is 2.16. The van der Waals surface area contributed by atoms with Crippen LogP contribution < -0.4 is 10.2 Å². The maximum absolute atomic E-state index is 13.3. The summed E-state index contributed by atoms with van der Waals surface area (Å²) >= 11 is 0. The van der Waals surface area contributed by atoms with Gasteiger partial charge in [0.05, 0.1) is 12.8 Å². The van der Waals surface area contributed by atoms with E-state index in [1.807, 2.05) is 0 Å². The Labute approximate surface area is 125 Å². The number of alkyl halides is 1. The summed E-state index contributed by atoms with van der Waals surface area (Å²) in [4.78, 5) is 2.49. The van der Waals surface area contributed by atoms with Crippen LogP contribution in [-0.4, -0.2) is 39.0 Å². The first-order chi connectivity index (χ1) is 10.3. The van der Waals surface area contributed by atoms with Crippen LogP contribution in [0.25, 0.3) is 0 Å². The van der Waals surface area contributed by atoms with Crippen molar-refractivity contribution in [3.8, 4) is 0 Å². The fourth-order valence-electron chi connectivity index (χ4n) is 4.08. The SMILES string of the molecule is COC(c1ccc(N2CC3CC2CN3)cc1)C1(CF)CC1. The molecular weight excluding hydrogens is 267 g/mol. The molecular formula is C17H23FN2O. The minimum atomic E-state index is -0.283. The Hall–Kier alpha value is -1.13. The van der Waals surface area contributed by atoms with Gasteiger partial charge in [-0.3, -0.25) is 4.39 Å². The van der Waals surface area contributed by atoms with Gasteiger partial charge in [0.25, 0.3) is 0 Å². The van der Waals surface area contributed by atoms with Crippen LogP contribution in [0.15, 0.2) is 24.3 Å². The summed E-state index contributed by atoms with van der Waals surface area (Å²) < 4.78 is 18.9. The second kappa shape index (κ2) is 4.96. The lowest BCUT2D eigenvalue weighted by atomic mass is 9.93. The fourth-order valence-corrected chi connectivity index (χ4v) is 4.08. The molecule has 0 radical (unpaired) electrons. The summed E-state index contributed by atoms with van der Waals surface area (Å²) in [5.74, 6) is 0. The Morgan fingerprint density at radius 1 is 1.38 bits per heavy atom. The van der Waals surface area contributed by atoms with Gasteiger partial charge in [0, 0.05) is 43.4 Å². The molecule has 3 unspecified atom stereocenters. The number of rotatable bonds is 5. The Kier molecular flexibility index (Phi) is 3.19. The summed E-state index contributed by atoms with van der Waals surface area (Å²) in [5, 5.41) is 3.53. The van der Waals surface area contributed by atoms with E-state index in [9.17, 15) is 4.39 Å². The van der Waals surface area contributed by atoms with Crippen LogP contribution in [0.2, 0.25) is 0 Å². The summed E-state index contributed by atoms with van der Waals surface area (Å²) in [6.45, 7) is 1.92. The number of anilines is 1. The Morgan fingerprint density at radius 3 is 2.62 bits per heavy atom. The highest BCUT2D eigenvalue weighted by Gasteiger charge is 2.50. The van der Waals surface area contributed by atoms with Crippen molar-refractivity contribution in [1.82, 2.24) is 5.32 Å². The third-order valence-corrected chi connectivity index (χ3v) is 5.53. The number of hydrogen-bond acceptors (Lipinski definition) is 3. The third-order valence-electron chi connectivity index (χ3n) is 5.53. The number of halogens is 1. The monoisotopic (exact) mass is 290 g/mol. The molecule has 0 amide bonds. The lowest BCUT2D eigenvalue weighted by molar-refractivity contribution is 0.0271. The minimum Gasteiger partial charge on any atom is -0.376 e. The number of nitrogens with one attached hydrogen (secondary N) is 1. The van der Waals surface area contributed by atoms with Crippen LogP contribution in [-0.2, 0) is 4.74 Å². The van der Waals surface area contributed by atoms with E-state index in [0.717, 1.165) is 31.5 Å². The number of fused-ring (bicyclic) bond motifs is 2. The molecule has 3 atom stereocenters. The summed E-state index contributed by atoms with van der Waals surface area (Å²) in [6, 6.07) is 9.90. The molecule has 1 aromatic carbocycles. The Bertz CT molecular complexity index is 514. The van der Waals surface area contributed by atoms with E-state index in [0.29, 0.717) is 12.1 Å². The van der Waals surface area contributed by atoms with Crippen LogP contribution in [0.1, 0.15) is 30.9 Å². The second-order valence-electron chi connectivity index (χ2n) is 6.85. The van der Waals surface area contributed by atoms with E-state index >= 15 is 0 Å². The average Bonchev–Trinajstić information content (AvgIpc) is 3.02. The first-order valence-corrected chi connectivity index (χ1v) is 7.94. The standard InChI is InChI=1S/C17H23FN2O/c1-21-16(17(11-18)6-7-17)12-2-4-14(5-3-12)20-10-13-8-15(20)9-19-13/h2-5,13,15-16,19H,6-11H2,1H3. The van der Waals surface area contributed by atoms with Gasteiger partial charge in [0.2, 0.25) is 0 Å². The van der Waals surface area contributed by atoms with Gasteiger partial charge in [-0.1, -0.05) is 12.1 Å². The van der Waals surface area contributed by atoms with Gasteiger partial charge in [-0.25, -0.2) is 0 Å². The van der Waals surface area contributed by atoms with Crippen molar-refractivity contribution in [2.45, 2.75) is 37.5 Å². The first kappa shape index (κ1) is 13.5. The van der Waals surface area contributed by atoms with Crippen molar-refractivity contribution in [1.29, 1.82) is 0 Å². The maximum Gasteiger partial charge on any atom is 0.0978 e. The molecule has 1 N–H and O–H groups in total. The molecule has 3 fully saturated rings. The predicted molar refractivity (Wildman–Crippen MR) is 81.4 cm³/mol. The van der Waals surface area contributed by atoms with Crippen LogP contribution in [0.4, 0.5) is 10.1 Å². The molecule has 3 nitrogen and oxygen atoms in total. The highest BCUT2D eigenvalue weighted by molar-refractivity contribution is 5.51. The highest BCUT2D eigenvalue weighted by Crippen LogP contribution is 2.56. The number of nitrogens with zero attached hydrogens (tertiary/aromatic N) is 1. The molecule has 0 spiro atoms. The van der Waals surface area contributed by atoms with Crippen molar-refractivity contribution in [2.75, 3.05) is 31.8 Å². The Morgan fingerprint density at radius 2 is 2.14 bits per heavy atom. The maximum atomic E-state index is 13.3. The molecule has 114 valence electrons. The van der Waals surface area contributed by atoms with Gasteiger partial charge < -0.3 is 15.0 Å². The smallest absolute Gasteiger partial charge is 0.0978 e. The molecule has 21 heavy (non-hydrogen) atoms. The van der Waals surface area contributed by atoms with Crippen LogP contribution in [0.3, 0.4) is 0 Å². The fraction of sp³-hybridized carbons (Fsp3) is 0.647. The summed E-state index contributed by atoms with van der Waals surface area (Å²) in [6.07, 6.45) is 3.03. The minimum absolute atomic E-state index is 0.103. The highest BCUT2D eigenvalue weighted by atomic mass is 19.1. The molecule has 0 aromatic heterocycles. The molecule has 4 rings (SSSR count). The van der Waals surface area contributed by atoms with Crippen LogP contribution in [0, 0.1) is 5.41 Å². The summed E-state index contributed by atoms with van der Waals surface area (Å²) in [5.41, 5.74) is 2.14. The zero-order chi connectivity index (χ0) is 14.4. The molecule has 4 heteroatoms. The quantitative estimate of drug-likeness (QED) is 0.902. The zero-order valence-corrected chi connectivity index (χ0v) is 12.5. The van der Waals surface area contributed by atoms with Crippen LogP contribution in [0.5, 0.6) is 0 Å². The summed E-state index contributed by atoms with van der Waals surface area (Å²) in [7, 11) is 1.69. The number of ether oxygens (including phenoxy) is 1. The topological polar surface area (TPSA) is 24.5 Å². The van der Waals surface area contributed by atoms with Crippen molar-refractivity contribution in [2.24, 2.45) is 5.41 Å². The lowest BCUT2D eigenvalue weighted by Gasteiger charge is -2.30. The molecule has 3 aliphatic rings. The number of methoxy groups -OCH3 is 1. The molecule has 1 aliphatic carbocycles. The lowest BCUT2D eigenvalue weighted by Crippen LogP contribution is -2.43. The molecule has 2 aliphatic heterocycles. The van der Waals surface area contributed by atoms with E-state index in [-0.39, 0.29) is 18.2 Å². The molecule has 2 saturated heterocycles. The van der Waals surface area contributed by atoms with Crippen molar-refractivity contribution in [3.63, 3.8) is 0 Å². The van der Waals surface area contributed by atoms with Gasteiger partial charge in [-0.15, -0.1) is 0 Å². The first-order valence-electron chi connectivity index (χ1n) is 7.94.